The molecule has 0 fully saturated rings. The molecule has 50 valence electrons. The molecule has 0 saturated heterocycles. The summed E-state index contributed by atoms with van der Waals surface area (Å²) in [5.74, 6) is 0. The van der Waals surface area contributed by atoms with Crippen molar-refractivity contribution in [1.82, 2.24) is 0 Å². The van der Waals surface area contributed by atoms with Crippen molar-refractivity contribution in [2.45, 2.75) is 0 Å². The third kappa shape index (κ3) is 2.66. The van der Waals surface area contributed by atoms with Gasteiger partial charge in [0.05, 0.1) is 0 Å². The molecule has 0 radical (unpaired) electrons. The molecule has 9 heavy (non-hydrogen) atoms. The van der Waals surface area contributed by atoms with Crippen LogP contribution in [0.2, 0.25) is 0 Å². The van der Waals surface area contributed by atoms with Crippen molar-refractivity contribution in [3.05, 3.63) is 42.5 Å². The largest absolute Gasteiger partial charge is 1.00 e. The minimum atomic E-state index is 0. The van der Waals surface area contributed by atoms with Gasteiger partial charge in [-0.1, -0.05) is 18.2 Å². The molecular weight excluding hydrogens is 293 g/mol. The van der Waals surface area contributed by atoms with Crippen molar-refractivity contribution in [3.63, 3.8) is 0 Å². The van der Waals surface area contributed by atoms with E-state index in [0.29, 0.717) is 0 Å². The van der Waals surface area contributed by atoms with Gasteiger partial charge < -0.3 is 0 Å². The monoisotopic (exact) mass is 300 g/mol. The predicted molar refractivity (Wildman–Crippen MR) is 35.2 cm³/mol. The molecule has 0 N–H and O–H groups in total. The Hall–Kier alpha value is -0.300. The Balaban J connectivity index is 0.000000640. The molecule has 0 saturated carbocycles. The van der Waals surface area contributed by atoms with Crippen LogP contribution in [0.3, 0.4) is 0 Å². The average molecular weight is 300 g/mol. The molecule has 0 bridgehead atoms. The summed E-state index contributed by atoms with van der Waals surface area (Å²) in [5, 5.41) is 0. The molecule has 0 heterocycles. The van der Waals surface area contributed by atoms with Gasteiger partial charge in [0, 0.05) is 0 Å². The van der Waals surface area contributed by atoms with Gasteiger partial charge in [-0.15, -0.1) is 12.1 Å². The van der Waals surface area contributed by atoms with Gasteiger partial charge in [-0.2, -0.15) is 5.56 Å². The third-order valence-electron chi connectivity index (χ3n) is 0.992. The smallest absolute Gasteiger partial charge is 0.292 e. The first-order chi connectivity index (χ1) is 3.93. The zero-order chi connectivity index (χ0) is 5.82. The van der Waals surface area contributed by atoms with E-state index in [9.17, 15) is 0 Å². The van der Waals surface area contributed by atoms with Gasteiger partial charge in [-0.25, -0.2) is 6.08 Å². The van der Waals surface area contributed by atoms with Crippen LogP contribution in [0.15, 0.2) is 30.3 Å². The minimum absolute atomic E-state index is 0. The molecule has 1 rings (SSSR count). The molecule has 0 atom stereocenters. The fourth-order valence-corrected chi connectivity index (χ4v) is 0.564. The third-order valence-corrected chi connectivity index (χ3v) is 0.992. The van der Waals surface area contributed by atoms with Crippen LogP contribution in [0, 0.1) is 6.58 Å². The Kier molecular flexibility index (Phi) is 4.41. The summed E-state index contributed by atoms with van der Waals surface area (Å²) in [4.78, 5) is 0. The molecule has 1 aromatic rings. The maximum absolute atomic E-state index is 5.22. The number of hydrogen-bond acceptors (Lipinski definition) is 0. The van der Waals surface area contributed by atoms with Crippen molar-refractivity contribution >= 4 is 6.08 Å². The Morgan fingerprint density at radius 1 is 1.11 bits per heavy atom. The van der Waals surface area contributed by atoms with Crippen LogP contribution in [0.1, 0.15) is 5.56 Å². The van der Waals surface area contributed by atoms with E-state index in [1.165, 1.54) is 0 Å². The first-order valence-corrected chi connectivity index (χ1v) is 2.53. The molecule has 0 amide bonds. The molecule has 0 spiro atoms. The van der Waals surface area contributed by atoms with E-state index in [0.717, 1.165) is 5.56 Å². The molecule has 1 heteroatoms. The van der Waals surface area contributed by atoms with E-state index < -0.39 is 0 Å². The summed E-state index contributed by atoms with van der Waals surface area (Å²) in [6.07, 6.45) is 1.58. The standard InChI is InChI=1S/C8H7.Au/c1-2-8-6-4-3-5-7-8;/h1-7H;/q-1;+1. The first kappa shape index (κ1) is 8.70. The van der Waals surface area contributed by atoms with Crippen LogP contribution < -0.4 is 0 Å². The fraction of sp³-hybridized carbons (Fsp3) is 0. The molecule has 0 aromatic heterocycles. The van der Waals surface area contributed by atoms with E-state index in [-0.39, 0.29) is 22.4 Å². The Bertz CT molecular complexity index is 167. The summed E-state index contributed by atoms with van der Waals surface area (Å²) in [5.41, 5.74) is 1.06. The predicted octanol–water partition coefficient (Wildman–Crippen LogP) is 2.13. The number of rotatable bonds is 1. The molecule has 1 aromatic carbocycles. The van der Waals surface area contributed by atoms with Crippen molar-refractivity contribution in [2.24, 2.45) is 0 Å². The molecule has 0 aliphatic heterocycles. The Morgan fingerprint density at radius 2 is 1.67 bits per heavy atom. The van der Waals surface area contributed by atoms with Crippen molar-refractivity contribution in [3.8, 4) is 0 Å². The second kappa shape index (κ2) is 4.57. The summed E-state index contributed by atoms with van der Waals surface area (Å²) >= 11 is 0. The molecular formula is C8H7Au. The van der Waals surface area contributed by atoms with Gasteiger partial charge in [0.2, 0.25) is 0 Å². The first-order valence-electron chi connectivity index (χ1n) is 2.53. The number of benzene rings is 1. The zero-order valence-electron chi connectivity index (χ0n) is 4.84. The SMILES string of the molecule is [Au+].[CH-]=Cc1ccccc1. The second-order valence-electron chi connectivity index (χ2n) is 1.58. The van der Waals surface area contributed by atoms with E-state index in [1.54, 1.807) is 6.08 Å². The van der Waals surface area contributed by atoms with Gasteiger partial charge in [-0.3, -0.25) is 6.58 Å². The van der Waals surface area contributed by atoms with Gasteiger partial charge in [0.1, 0.15) is 0 Å². The van der Waals surface area contributed by atoms with E-state index in [1.807, 2.05) is 30.3 Å². The second-order valence-corrected chi connectivity index (χ2v) is 1.58. The maximum Gasteiger partial charge on any atom is 1.00 e. The summed E-state index contributed by atoms with van der Waals surface area (Å²) < 4.78 is 0. The zero-order valence-corrected chi connectivity index (χ0v) is 7.01. The van der Waals surface area contributed by atoms with Crippen LogP contribution >= 0.6 is 0 Å². The summed E-state index contributed by atoms with van der Waals surface area (Å²) in [7, 11) is 0. The summed E-state index contributed by atoms with van der Waals surface area (Å²) in [6, 6.07) is 9.80. The van der Waals surface area contributed by atoms with Crippen molar-refractivity contribution in [2.75, 3.05) is 0 Å². The Labute approximate surface area is 71.1 Å². The Morgan fingerprint density at radius 3 is 2.00 bits per heavy atom. The fourth-order valence-electron chi connectivity index (χ4n) is 0.564. The van der Waals surface area contributed by atoms with Crippen LogP contribution in [0.4, 0.5) is 0 Å². The quantitative estimate of drug-likeness (QED) is 0.550. The summed E-state index contributed by atoms with van der Waals surface area (Å²) in [6.45, 7) is 5.22. The van der Waals surface area contributed by atoms with Gasteiger partial charge in [0.25, 0.3) is 0 Å². The van der Waals surface area contributed by atoms with Crippen LogP contribution in [-0.2, 0) is 22.4 Å². The van der Waals surface area contributed by atoms with Gasteiger partial charge >= 0.3 is 22.4 Å². The maximum atomic E-state index is 5.22. The molecule has 0 nitrogen and oxygen atoms in total. The van der Waals surface area contributed by atoms with Crippen LogP contribution in [0.25, 0.3) is 6.08 Å². The normalized spacial score (nSPS) is 7.56. The van der Waals surface area contributed by atoms with E-state index >= 15 is 0 Å². The average Bonchev–Trinajstić information content (AvgIpc) is 1.90. The van der Waals surface area contributed by atoms with E-state index in [2.05, 4.69) is 0 Å². The molecule has 0 aliphatic rings. The van der Waals surface area contributed by atoms with Gasteiger partial charge in [0.15, 0.2) is 0 Å². The van der Waals surface area contributed by atoms with Crippen LogP contribution in [0.5, 0.6) is 0 Å². The van der Waals surface area contributed by atoms with E-state index in [4.69, 9.17) is 6.58 Å². The van der Waals surface area contributed by atoms with Gasteiger partial charge in [-0.05, 0) is 0 Å². The minimum Gasteiger partial charge on any atom is -0.292 e. The topological polar surface area (TPSA) is 0 Å². The molecule has 0 aliphatic carbocycles. The number of hydrogen-bond donors (Lipinski definition) is 0. The van der Waals surface area contributed by atoms with Crippen molar-refractivity contribution < 1.29 is 22.4 Å². The van der Waals surface area contributed by atoms with Crippen LogP contribution in [-0.4, -0.2) is 0 Å². The van der Waals surface area contributed by atoms with Crippen molar-refractivity contribution in [1.29, 1.82) is 0 Å². The molecule has 0 unspecified atom stereocenters.